The van der Waals surface area contributed by atoms with Gasteiger partial charge in [0.15, 0.2) is 0 Å². The van der Waals surface area contributed by atoms with Gasteiger partial charge in [-0.25, -0.2) is 0 Å². The zero-order chi connectivity index (χ0) is 49.1. The third kappa shape index (κ3) is 17.8. The van der Waals surface area contributed by atoms with Crippen molar-refractivity contribution in [3.63, 3.8) is 0 Å². The normalized spacial score (nSPS) is 20.8. The lowest BCUT2D eigenvalue weighted by Gasteiger charge is -2.30. The highest BCUT2D eigenvalue weighted by molar-refractivity contribution is 7.09. The largest absolute Gasteiger partial charge is 0.508 e. The van der Waals surface area contributed by atoms with Crippen molar-refractivity contribution in [2.75, 3.05) is 33.2 Å². The molecule has 0 bridgehead atoms. The Hall–Kier alpha value is -7.15. The highest BCUT2D eigenvalue weighted by atomic mass is 32.1. The molecule has 66 heavy (non-hydrogen) atoms. The summed E-state index contributed by atoms with van der Waals surface area (Å²) in [6, 6.07) is 0.406. The van der Waals surface area contributed by atoms with Gasteiger partial charge < -0.3 is 69.7 Å². The Morgan fingerprint density at radius 3 is 2.09 bits per heavy atom. The van der Waals surface area contributed by atoms with Gasteiger partial charge in [-0.2, -0.15) is 0 Å². The number of nitrogens with two attached hydrogens (primary N) is 3. The van der Waals surface area contributed by atoms with E-state index in [0.29, 0.717) is 16.9 Å². The summed E-state index contributed by atoms with van der Waals surface area (Å²) in [5.74, 6) is -10.5. The van der Waals surface area contributed by atoms with E-state index in [4.69, 9.17) is 17.2 Å². The summed E-state index contributed by atoms with van der Waals surface area (Å²) in [6.07, 6.45) is -1.39. The van der Waals surface area contributed by atoms with E-state index in [0.717, 1.165) is 4.90 Å². The second-order valence-electron chi connectivity index (χ2n) is 15.6. The highest BCUT2D eigenvalue weighted by Gasteiger charge is 2.36. The molecule has 0 radical (unpaired) electrons. The predicted octanol–water partition coefficient (Wildman–Crippen LogP) is -5.00. The lowest BCUT2D eigenvalue weighted by Crippen LogP contribution is -2.62. The van der Waals surface area contributed by atoms with E-state index in [1.807, 2.05) is 0 Å². The number of likely N-dealkylation sites (N-methyl/N-ethyl adjacent to an activating group) is 1. The summed E-state index contributed by atoms with van der Waals surface area (Å²) in [4.78, 5) is 146. The minimum absolute atomic E-state index is 0.0201. The van der Waals surface area contributed by atoms with Crippen LogP contribution in [0.2, 0.25) is 0 Å². The molecular weight excluding hydrogens is 885 g/mol. The minimum Gasteiger partial charge on any atom is -0.508 e. The molecule has 1 fully saturated rings. The van der Waals surface area contributed by atoms with Gasteiger partial charge in [0.05, 0.1) is 26.1 Å². The Balaban J connectivity index is 1.99. The molecule has 0 saturated carbocycles. The molecule has 1 aromatic heterocycles. The SMILES string of the molecule is CC[C@H](C)[C@@H]1NC(=O)[C@H](Cc2ccc(O)cc2)NC(=O)CNC[C@@H](C(=O)N(C)CC(=O)N[C@@H](Cc2cccs2)C(=O)NCC(N)=O)NC(=O)[C@H](CC(N)=O)NC(=O)[C@H](CCC(N)=O)NC1=O. The van der Waals surface area contributed by atoms with Crippen molar-refractivity contribution in [2.24, 2.45) is 23.1 Å². The van der Waals surface area contributed by atoms with E-state index in [9.17, 15) is 57.8 Å². The number of benzene rings is 1. The maximum absolute atomic E-state index is 14.0. The molecule has 1 aromatic carbocycles. The zero-order valence-corrected chi connectivity index (χ0v) is 37.5. The zero-order valence-electron chi connectivity index (χ0n) is 36.7. The molecule has 0 aliphatic carbocycles. The first kappa shape index (κ1) is 53.2. The monoisotopic (exact) mass is 942 g/mol. The maximum Gasteiger partial charge on any atom is 0.246 e. The molecule has 15 N–H and O–H groups in total. The first-order valence-electron chi connectivity index (χ1n) is 20.9. The number of hydrogen-bond donors (Lipinski definition) is 12. The summed E-state index contributed by atoms with van der Waals surface area (Å²) < 4.78 is 0. The lowest BCUT2D eigenvalue weighted by molar-refractivity contribution is -0.140. The predicted molar refractivity (Wildman–Crippen MR) is 236 cm³/mol. The van der Waals surface area contributed by atoms with Gasteiger partial charge in [0.2, 0.25) is 65.0 Å². The molecule has 0 unspecified atom stereocenters. The number of amides is 11. The number of phenolic OH excluding ortho intramolecular Hbond substituents is 1. The van der Waals surface area contributed by atoms with Crippen LogP contribution in [0.1, 0.15) is 50.0 Å². The van der Waals surface area contributed by atoms with Gasteiger partial charge in [-0.15, -0.1) is 11.3 Å². The van der Waals surface area contributed by atoms with Gasteiger partial charge in [-0.1, -0.05) is 38.5 Å². The topological polar surface area (TPSA) is 386 Å². The summed E-state index contributed by atoms with van der Waals surface area (Å²) in [6.45, 7) is 1.12. The Morgan fingerprint density at radius 2 is 1.48 bits per heavy atom. The number of hydrogen-bond acceptors (Lipinski definition) is 14. The Labute approximate surface area is 383 Å². The molecule has 1 aliphatic rings. The van der Waals surface area contributed by atoms with Crippen LogP contribution in [0.4, 0.5) is 0 Å². The van der Waals surface area contributed by atoms with Gasteiger partial charge in [-0.05, 0) is 41.5 Å². The van der Waals surface area contributed by atoms with E-state index in [1.54, 1.807) is 31.4 Å². The molecular formula is C41H58N12O12S. The first-order chi connectivity index (χ1) is 31.2. The van der Waals surface area contributed by atoms with Crippen LogP contribution >= 0.6 is 11.3 Å². The fourth-order valence-corrected chi connectivity index (χ4v) is 7.27. The number of carbonyl (C=O) groups excluding carboxylic acids is 11. The summed E-state index contributed by atoms with van der Waals surface area (Å²) in [5, 5.41) is 31.6. The van der Waals surface area contributed by atoms with Gasteiger partial charge in [-0.3, -0.25) is 52.7 Å². The third-order valence-corrected chi connectivity index (χ3v) is 11.2. The Morgan fingerprint density at radius 1 is 0.833 bits per heavy atom. The van der Waals surface area contributed by atoms with Crippen LogP contribution in [0.5, 0.6) is 5.75 Å². The van der Waals surface area contributed by atoms with Crippen LogP contribution < -0.4 is 59.7 Å². The standard InChI is InChI=1S/C41H58N12O12S/c1-4-21(2)35-40(64)49-25(11-12-30(42)55)37(61)50-28(16-31(43)56)38(62)51-29(17-45-19-33(58)47-26(39(63)52-35)14-22-7-9-23(54)10-8-22)41(65)53(3)20-34(59)48-27(15-24-6-5-13-66-24)36(60)46-18-32(44)57/h5-10,13,21,25-29,35,45,54H,4,11-12,14-20H2,1-3H3,(H2,42,55)(H2,43,56)(H2,44,57)(H,46,60)(H,47,58)(H,48,59)(H,49,64)(H,50,61)(H,51,62)(H,52,63)/t21-,25-,26-,27-,28-,29-,35-/m0/s1. The Bertz CT molecular complexity index is 2090. The third-order valence-electron chi connectivity index (χ3n) is 10.3. The number of thiophene rings is 1. The van der Waals surface area contributed by atoms with Crippen molar-refractivity contribution >= 4 is 76.3 Å². The van der Waals surface area contributed by atoms with Crippen LogP contribution in [-0.4, -0.2) is 144 Å². The fourth-order valence-electron chi connectivity index (χ4n) is 6.52. The van der Waals surface area contributed by atoms with Gasteiger partial charge in [0.25, 0.3) is 0 Å². The van der Waals surface area contributed by atoms with Gasteiger partial charge >= 0.3 is 0 Å². The molecule has 25 heteroatoms. The highest BCUT2D eigenvalue weighted by Crippen LogP contribution is 2.15. The number of primary amides is 3. The van der Waals surface area contributed by atoms with Crippen LogP contribution in [0.3, 0.4) is 0 Å². The van der Waals surface area contributed by atoms with Crippen LogP contribution in [-0.2, 0) is 65.6 Å². The molecule has 2 heterocycles. The van der Waals surface area contributed by atoms with Crippen LogP contribution in [0, 0.1) is 5.92 Å². The summed E-state index contributed by atoms with van der Waals surface area (Å²) in [5.41, 5.74) is 16.5. The van der Waals surface area contributed by atoms with Crippen LogP contribution in [0.15, 0.2) is 41.8 Å². The molecule has 1 aliphatic heterocycles. The maximum atomic E-state index is 14.0. The Kier molecular flexibility index (Phi) is 20.9. The van der Waals surface area contributed by atoms with E-state index >= 15 is 0 Å². The second-order valence-corrected chi connectivity index (χ2v) is 16.7. The van der Waals surface area contributed by atoms with Crippen molar-refractivity contribution in [3.8, 4) is 5.75 Å². The molecule has 360 valence electrons. The number of aromatic hydroxyl groups is 1. The summed E-state index contributed by atoms with van der Waals surface area (Å²) >= 11 is 1.30. The molecule has 7 atom stereocenters. The molecule has 0 spiro atoms. The van der Waals surface area contributed by atoms with Gasteiger partial charge in [0, 0.05) is 37.7 Å². The van der Waals surface area contributed by atoms with E-state index in [1.165, 1.54) is 42.6 Å². The number of rotatable bonds is 18. The molecule has 11 amide bonds. The number of carbonyl (C=O) groups is 11. The van der Waals surface area contributed by atoms with Crippen molar-refractivity contribution in [2.45, 2.75) is 88.6 Å². The minimum atomic E-state index is -1.78. The second kappa shape index (κ2) is 26.0. The number of nitrogens with one attached hydrogen (secondary N) is 8. The van der Waals surface area contributed by atoms with E-state index in [2.05, 4.69) is 42.5 Å². The van der Waals surface area contributed by atoms with E-state index in [-0.39, 0.29) is 18.6 Å². The average molecular weight is 943 g/mol. The van der Waals surface area contributed by atoms with Crippen molar-refractivity contribution in [1.29, 1.82) is 0 Å². The number of phenols is 1. The quantitative estimate of drug-likeness (QED) is 0.0667. The van der Waals surface area contributed by atoms with Crippen molar-refractivity contribution in [3.05, 3.63) is 52.2 Å². The summed E-state index contributed by atoms with van der Waals surface area (Å²) in [7, 11) is 1.20. The van der Waals surface area contributed by atoms with Gasteiger partial charge in [0.1, 0.15) is 42.0 Å². The molecule has 1 saturated heterocycles. The smallest absolute Gasteiger partial charge is 0.246 e. The molecule has 2 aromatic rings. The fraction of sp³-hybridized carbons (Fsp3) is 0.488. The van der Waals surface area contributed by atoms with Crippen molar-refractivity contribution in [1.82, 2.24) is 47.4 Å². The average Bonchev–Trinajstić information content (AvgIpc) is 3.77. The number of nitrogens with zero attached hydrogens (tertiary/aromatic N) is 1. The van der Waals surface area contributed by atoms with Crippen molar-refractivity contribution < 1.29 is 57.8 Å². The first-order valence-corrected chi connectivity index (χ1v) is 21.7. The van der Waals surface area contributed by atoms with Crippen LogP contribution in [0.25, 0.3) is 0 Å². The molecule has 3 rings (SSSR count). The van der Waals surface area contributed by atoms with E-state index < -0.39 is 153 Å². The molecule has 24 nitrogen and oxygen atoms in total. The lowest BCUT2D eigenvalue weighted by atomic mass is 9.96.